The van der Waals surface area contributed by atoms with Gasteiger partial charge >= 0.3 is 6.03 Å². The highest BCUT2D eigenvalue weighted by Crippen LogP contribution is 2.23. The van der Waals surface area contributed by atoms with Gasteiger partial charge in [-0.15, -0.1) is 0 Å². The highest BCUT2D eigenvalue weighted by molar-refractivity contribution is 5.73. The molecule has 0 bridgehead atoms. The molecule has 1 saturated heterocycles. The molecule has 1 aromatic rings. The standard InChI is InChI=1S/C14H23N3O3/c1-3-15-14(18)16-10-12(13-5-4-11(2)20-13)17-6-8-19-9-7-17/h4-5,12H,3,6-10H2,1-2H3,(H2,15,16,18). The van der Waals surface area contributed by atoms with E-state index in [2.05, 4.69) is 15.5 Å². The molecule has 2 rings (SSSR count). The fourth-order valence-corrected chi connectivity index (χ4v) is 2.34. The third-order valence-corrected chi connectivity index (χ3v) is 3.37. The van der Waals surface area contributed by atoms with Crippen molar-refractivity contribution in [1.29, 1.82) is 0 Å². The molecule has 112 valence electrons. The molecule has 1 aliphatic heterocycles. The molecule has 1 aromatic heterocycles. The molecule has 1 fully saturated rings. The minimum atomic E-state index is -0.144. The van der Waals surface area contributed by atoms with Gasteiger partial charge in [-0.2, -0.15) is 0 Å². The molecular formula is C14H23N3O3. The van der Waals surface area contributed by atoms with Crippen LogP contribution in [0.3, 0.4) is 0 Å². The summed E-state index contributed by atoms with van der Waals surface area (Å²) in [6.45, 7) is 8.11. The molecule has 0 aliphatic carbocycles. The molecule has 20 heavy (non-hydrogen) atoms. The van der Waals surface area contributed by atoms with Gasteiger partial charge in [0.1, 0.15) is 11.5 Å². The monoisotopic (exact) mass is 281 g/mol. The van der Waals surface area contributed by atoms with Gasteiger partial charge in [0.2, 0.25) is 0 Å². The van der Waals surface area contributed by atoms with Crippen molar-refractivity contribution in [2.45, 2.75) is 19.9 Å². The van der Waals surface area contributed by atoms with Crippen molar-refractivity contribution in [3.8, 4) is 0 Å². The highest BCUT2D eigenvalue weighted by Gasteiger charge is 2.25. The topological polar surface area (TPSA) is 66.7 Å². The number of aryl methyl sites for hydroxylation is 1. The number of nitrogens with zero attached hydrogens (tertiary/aromatic N) is 1. The van der Waals surface area contributed by atoms with Crippen LogP contribution < -0.4 is 10.6 Å². The normalized spacial score (nSPS) is 17.7. The van der Waals surface area contributed by atoms with Crippen LogP contribution in [0.25, 0.3) is 0 Å². The lowest BCUT2D eigenvalue weighted by atomic mass is 10.1. The summed E-state index contributed by atoms with van der Waals surface area (Å²) in [7, 11) is 0. The van der Waals surface area contributed by atoms with E-state index in [-0.39, 0.29) is 12.1 Å². The van der Waals surface area contributed by atoms with Gasteiger partial charge in [0.15, 0.2) is 0 Å². The first kappa shape index (κ1) is 14.9. The van der Waals surface area contributed by atoms with E-state index >= 15 is 0 Å². The largest absolute Gasteiger partial charge is 0.465 e. The number of carbonyl (C=O) groups is 1. The number of hydrogen-bond donors (Lipinski definition) is 2. The van der Waals surface area contributed by atoms with Crippen molar-refractivity contribution in [2.24, 2.45) is 0 Å². The minimum absolute atomic E-state index is 0.0511. The number of urea groups is 1. The number of hydrogen-bond acceptors (Lipinski definition) is 4. The smallest absolute Gasteiger partial charge is 0.314 e. The van der Waals surface area contributed by atoms with Crippen molar-refractivity contribution in [3.63, 3.8) is 0 Å². The Morgan fingerprint density at radius 2 is 2.10 bits per heavy atom. The summed E-state index contributed by atoms with van der Waals surface area (Å²) in [5.41, 5.74) is 0. The molecule has 1 unspecified atom stereocenters. The van der Waals surface area contributed by atoms with Crippen LogP contribution >= 0.6 is 0 Å². The highest BCUT2D eigenvalue weighted by atomic mass is 16.5. The molecule has 0 aromatic carbocycles. The Kier molecular flexibility index (Phi) is 5.43. The van der Waals surface area contributed by atoms with Gasteiger partial charge in [-0.05, 0) is 26.0 Å². The van der Waals surface area contributed by atoms with E-state index in [9.17, 15) is 4.79 Å². The van der Waals surface area contributed by atoms with Gasteiger partial charge in [0.25, 0.3) is 0 Å². The summed E-state index contributed by atoms with van der Waals surface area (Å²) < 4.78 is 11.1. The Balaban J connectivity index is 2.01. The van der Waals surface area contributed by atoms with Crippen LogP contribution in [0.15, 0.2) is 16.5 Å². The quantitative estimate of drug-likeness (QED) is 0.853. The van der Waals surface area contributed by atoms with Crippen molar-refractivity contribution in [3.05, 3.63) is 23.7 Å². The van der Waals surface area contributed by atoms with Gasteiger partial charge in [-0.3, -0.25) is 4.90 Å². The summed E-state index contributed by atoms with van der Waals surface area (Å²) in [6, 6.07) is 3.84. The Bertz CT molecular complexity index is 427. The summed E-state index contributed by atoms with van der Waals surface area (Å²) in [6.07, 6.45) is 0. The SMILES string of the molecule is CCNC(=O)NCC(c1ccc(C)o1)N1CCOCC1. The van der Waals surface area contributed by atoms with E-state index in [1.54, 1.807) is 0 Å². The van der Waals surface area contributed by atoms with E-state index < -0.39 is 0 Å². The maximum absolute atomic E-state index is 11.6. The molecular weight excluding hydrogens is 258 g/mol. The van der Waals surface area contributed by atoms with E-state index in [0.717, 1.165) is 37.8 Å². The summed E-state index contributed by atoms with van der Waals surface area (Å²) in [5, 5.41) is 5.63. The number of nitrogens with one attached hydrogen (secondary N) is 2. The van der Waals surface area contributed by atoms with Crippen LogP contribution in [-0.2, 0) is 4.74 Å². The molecule has 2 N–H and O–H groups in total. The summed E-state index contributed by atoms with van der Waals surface area (Å²) in [4.78, 5) is 13.9. The minimum Gasteiger partial charge on any atom is -0.465 e. The van der Waals surface area contributed by atoms with E-state index in [1.165, 1.54) is 0 Å². The predicted octanol–water partition coefficient (Wildman–Crippen LogP) is 1.28. The number of furan rings is 1. The second kappa shape index (κ2) is 7.31. The zero-order valence-electron chi connectivity index (χ0n) is 12.1. The Morgan fingerprint density at radius 3 is 2.70 bits per heavy atom. The van der Waals surface area contributed by atoms with Crippen LogP contribution in [0.1, 0.15) is 24.5 Å². The van der Waals surface area contributed by atoms with Gasteiger partial charge < -0.3 is 19.8 Å². The van der Waals surface area contributed by atoms with Crippen LogP contribution in [-0.4, -0.2) is 50.3 Å². The van der Waals surface area contributed by atoms with Gasteiger partial charge in [0, 0.05) is 26.2 Å². The number of amides is 2. The van der Waals surface area contributed by atoms with Crippen LogP contribution in [0.2, 0.25) is 0 Å². The van der Waals surface area contributed by atoms with Gasteiger partial charge in [-0.25, -0.2) is 4.79 Å². The summed E-state index contributed by atoms with van der Waals surface area (Å²) in [5.74, 6) is 1.78. The fourth-order valence-electron chi connectivity index (χ4n) is 2.34. The van der Waals surface area contributed by atoms with Crippen LogP contribution in [0, 0.1) is 6.92 Å². The van der Waals surface area contributed by atoms with Crippen molar-refractivity contribution in [2.75, 3.05) is 39.4 Å². The fraction of sp³-hybridized carbons (Fsp3) is 0.643. The average Bonchev–Trinajstić information content (AvgIpc) is 2.87. The maximum atomic E-state index is 11.6. The number of carbonyl (C=O) groups excluding carboxylic acids is 1. The van der Waals surface area contributed by atoms with Crippen LogP contribution in [0.5, 0.6) is 0 Å². The molecule has 1 atom stereocenters. The van der Waals surface area contributed by atoms with Gasteiger partial charge in [-0.1, -0.05) is 0 Å². The third kappa shape index (κ3) is 3.98. The first-order chi connectivity index (χ1) is 9.70. The lowest BCUT2D eigenvalue weighted by molar-refractivity contribution is 0.0121. The lowest BCUT2D eigenvalue weighted by Gasteiger charge is -2.33. The molecule has 6 heteroatoms. The van der Waals surface area contributed by atoms with Gasteiger partial charge in [0.05, 0.1) is 19.3 Å². The van der Waals surface area contributed by atoms with E-state index in [1.807, 2.05) is 26.0 Å². The van der Waals surface area contributed by atoms with Crippen molar-refractivity contribution in [1.82, 2.24) is 15.5 Å². The maximum Gasteiger partial charge on any atom is 0.314 e. The Hall–Kier alpha value is -1.53. The van der Waals surface area contributed by atoms with E-state index in [0.29, 0.717) is 13.1 Å². The zero-order chi connectivity index (χ0) is 14.4. The number of rotatable bonds is 5. The Morgan fingerprint density at radius 1 is 1.35 bits per heavy atom. The predicted molar refractivity (Wildman–Crippen MR) is 75.7 cm³/mol. The first-order valence-electron chi connectivity index (χ1n) is 7.10. The summed E-state index contributed by atoms with van der Waals surface area (Å²) >= 11 is 0. The number of morpholine rings is 1. The molecule has 2 heterocycles. The molecule has 0 radical (unpaired) electrons. The number of ether oxygens (including phenoxy) is 1. The third-order valence-electron chi connectivity index (χ3n) is 3.37. The first-order valence-corrected chi connectivity index (χ1v) is 7.10. The lowest BCUT2D eigenvalue weighted by Crippen LogP contribution is -2.45. The second-order valence-corrected chi connectivity index (χ2v) is 4.85. The Labute approximate surface area is 119 Å². The zero-order valence-corrected chi connectivity index (χ0v) is 12.1. The molecule has 0 spiro atoms. The molecule has 1 aliphatic rings. The second-order valence-electron chi connectivity index (χ2n) is 4.85. The van der Waals surface area contributed by atoms with Crippen molar-refractivity contribution < 1.29 is 13.9 Å². The van der Waals surface area contributed by atoms with E-state index in [4.69, 9.17) is 9.15 Å². The van der Waals surface area contributed by atoms with Crippen molar-refractivity contribution >= 4 is 6.03 Å². The van der Waals surface area contributed by atoms with Crippen LogP contribution in [0.4, 0.5) is 4.79 Å². The molecule has 2 amide bonds. The molecule has 6 nitrogen and oxygen atoms in total. The average molecular weight is 281 g/mol. The molecule has 0 saturated carbocycles.